The molecule has 0 saturated carbocycles. The molecule has 0 aliphatic heterocycles. The summed E-state index contributed by atoms with van der Waals surface area (Å²) < 4.78 is 0. The van der Waals surface area contributed by atoms with Crippen LogP contribution in [0.1, 0.15) is 25.5 Å². The van der Waals surface area contributed by atoms with Crippen LogP contribution in [0.5, 0.6) is 0 Å². The summed E-state index contributed by atoms with van der Waals surface area (Å²) in [4.78, 5) is 8.66. The van der Waals surface area contributed by atoms with Gasteiger partial charge in [-0.15, -0.1) is 0 Å². The molecule has 2 rings (SSSR count). The van der Waals surface area contributed by atoms with Crippen LogP contribution in [-0.2, 0) is 0 Å². The molecule has 0 amide bonds. The number of pyridine rings is 2. The van der Waals surface area contributed by atoms with E-state index < -0.39 is 0 Å². The lowest BCUT2D eigenvalue weighted by Gasteiger charge is -2.06. The van der Waals surface area contributed by atoms with E-state index in [1.807, 2.05) is 36.7 Å². The molecule has 2 heteroatoms. The van der Waals surface area contributed by atoms with Gasteiger partial charge in [0.25, 0.3) is 0 Å². The van der Waals surface area contributed by atoms with Crippen LogP contribution in [0.2, 0.25) is 0 Å². The highest BCUT2D eigenvalue weighted by Gasteiger charge is 2.03. The van der Waals surface area contributed by atoms with Gasteiger partial charge in [0, 0.05) is 23.7 Å². The third-order valence-electron chi connectivity index (χ3n) is 2.33. The molecule has 2 heterocycles. The molecule has 15 heavy (non-hydrogen) atoms. The Kier molecular flexibility index (Phi) is 2.77. The van der Waals surface area contributed by atoms with E-state index in [0.717, 1.165) is 17.0 Å². The van der Waals surface area contributed by atoms with Gasteiger partial charge in [-0.2, -0.15) is 0 Å². The lowest BCUT2D eigenvalue weighted by Crippen LogP contribution is -1.92. The minimum Gasteiger partial charge on any atom is -0.261 e. The molecule has 2 aromatic heterocycles. The topological polar surface area (TPSA) is 25.8 Å². The summed E-state index contributed by atoms with van der Waals surface area (Å²) in [5, 5.41) is 0. The fourth-order valence-corrected chi connectivity index (χ4v) is 1.46. The predicted molar refractivity (Wildman–Crippen MR) is 61.6 cm³/mol. The molecule has 0 aliphatic rings. The van der Waals surface area contributed by atoms with Crippen molar-refractivity contribution in [2.45, 2.75) is 19.8 Å². The van der Waals surface area contributed by atoms with Crippen LogP contribution in [0.4, 0.5) is 0 Å². The summed E-state index contributed by atoms with van der Waals surface area (Å²) in [5.74, 6) is 0.452. The third kappa shape index (κ3) is 2.21. The molecule has 76 valence electrons. The molecule has 0 unspecified atom stereocenters. The van der Waals surface area contributed by atoms with Crippen molar-refractivity contribution in [1.29, 1.82) is 0 Å². The zero-order chi connectivity index (χ0) is 10.7. The van der Waals surface area contributed by atoms with E-state index in [2.05, 4.69) is 29.9 Å². The first-order valence-corrected chi connectivity index (χ1v) is 5.15. The van der Waals surface area contributed by atoms with E-state index in [9.17, 15) is 0 Å². The fourth-order valence-electron chi connectivity index (χ4n) is 1.46. The highest BCUT2D eigenvalue weighted by atomic mass is 14.7. The Morgan fingerprint density at radius 3 is 2.53 bits per heavy atom. The summed E-state index contributed by atoms with van der Waals surface area (Å²) >= 11 is 0. The Labute approximate surface area is 90.0 Å². The molecular formula is C13H14N2. The van der Waals surface area contributed by atoms with Crippen LogP contribution >= 0.6 is 0 Å². The van der Waals surface area contributed by atoms with Gasteiger partial charge in [-0.3, -0.25) is 9.97 Å². The number of rotatable bonds is 2. The van der Waals surface area contributed by atoms with E-state index in [1.54, 1.807) is 0 Å². The summed E-state index contributed by atoms with van der Waals surface area (Å²) in [7, 11) is 0. The molecule has 0 fully saturated rings. The molecule has 0 spiro atoms. The fraction of sp³-hybridized carbons (Fsp3) is 0.231. The molecule has 2 aromatic rings. The maximum absolute atomic E-state index is 4.34. The third-order valence-corrected chi connectivity index (χ3v) is 2.33. The van der Waals surface area contributed by atoms with Crippen LogP contribution in [-0.4, -0.2) is 9.97 Å². The number of hydrogen-bond acceptors (Lipinski definition) is 2. The average Bonchev–Trinajstić information content (AvgIpc) is 2.30. The minimum absolute atomic E-state index is 0.452. The molecule has 0 aliphatic carbocycles. The van der Waals surface area contributed by atoms with Gasteiger partial charge in [0.2, 0.25) is 0 Å². The first kappa shape index (κ1) is 9.84. The van der Waals surface area contributed by atoms with Crippen LogP contribution in [0.15, 0.2) is 42.7 Å². The Morgan fingerprint density at radius 1 is 1.00 bits per heavy atom. The number of aromatic nitrogens is 2. The Balaban J connectivity index is 2.42. The first-order valence-electron chi connectivity index (χ1n) is 5.15. The molecule has 0 N–H and O–H groups in total. The van der Waals surface area contributed by atoms with Gasteiger partial charge in [0.05, 0.1) is 5.69 Å². The highest BCUT2D eigenvalue weighted by molar-refractivity contribution is 5.58. The van der Waals surface area contributed by atoms with Crippen molar-refractivity contribution in [2.75, 3.05) is 0 Å². The predicted octanol–water partition coefficient (Wildman–Crippen LogP) is 3.27. The molecular weight excluding hydrogens is 184 g/mol. The normalized spacial score (nSPS) is 10.6. The molecule has 0 bridgehead atoms. The largest absolute Gasteiger partial charge is 0.261 e. The van der Waals surface area contributed by atoms with Gasteiger partial charge >= 0.3 is 0 Å². The van der Waals surface area contributed by atoms with Crippen molar-refractivity contribution < 1.29 is 0 Å². The Bertz CT molecular complexity index is 435. The second-order valence-electron chi connectivity index (χ2n) is 3.84. The zero-order valence-electron chi connectivity index (χ0n) is 9.01. The Morgan fingerprint density at radius 2 is 1.87 bits per heavy atom. The monoisotopic (exact) mass is 198 g/mol. The number of hydrogen-bond donors (Lipinski definition) is 0. The zero-order valence-corrected chi connectivity index (χ0v) is 9.01. The van der Waals surface area contributed by atoms with Gasteiger partial charge in [-0.1, -0.05) is 19.9 Å². The molecule has 0 saturated heterocycles. The van der Waals surface area contributed by atoms with Crippen LogP contribution < -0.4 is 0 Å². The van der Waals surface area contributed by atoms with Crippen molar-refractivity contribution in [3.05, 3.63) is 48.4 Å². The van der Waals surface area contributed by atoms with Crippen LogP contribution in [0, 0.1) is 0 Å². The van der Waals surface area contributed by atoms with Crippen molar-refractivity contribution in [1.82, 2.24) is 9.97 Å². The van der Waals surface area contributed by atoms with E-state index in [4.69, 9.17) is 0 Å². The lowest BCUT2D eigenvalue weighted by atomic mass is 10.1. The molecule has 0 atom stereocenters. The van der Waals surface area contributed by atoms with E-state index in [0.29, 0.717) is 5.92 Å². The average molecular weight is 198 g/mol. The molecule has 0 radical (unpaired) electrons. The molecule has 2 nitrogen and oxygen atoms in total. The van der Waals surface area contributed by atoms with Crippen molar-refractivity contribution >= 4 is 0 Å². The summed E-state index contributed by atoms with van der Waals surface area (Å²) in [6, 6.07) is 10.0. The van der Waals surface area contributed by atoms with Crippen molar-refractivity contribution in [2.24, 2.45) is 0 Å². The van der Waals surface area contributed by atoms with Crippen molar-refractivity contribution in [3.8, 4) is 11.3 Å². The maximum atomic E-state index is 4.34. The summed E-state index contributed by atoms with van der Waals surface area (Å²) in [6.07, 6.45) is 3.66. The van der Waals surface area contributed by atoms with Gasteiger partial charge in [0.1, 0.15) is 0 Å². The van der Waals surface area contributed by atoms with Crippen LogP contribution in [0.3, 0.4) is 0 Å². The first-order chi connectivity index (χ1) is 7.27. The summed E-state index contributed by atoms with van der Waals surface area (Å²) in [6.45, 7) is 4.29. The Hall–Kier alpha value is -1.70. The SMILES string of the molecule is CC(C)c1cc(-c2ccccn2)ccn1. The second-order valence-corrected chi connectivity index (χ2v) is 3.84. The van der Waals surface area contributed by atoms with Crippen LogP contribution in [0.25, 0.3) is 11.3 Å². The smallest absolute Gasteiger partial charge is 0.0703 e. The van der Waals surface area contributed by atoms with E-state index >= 15 is 0 Å². The summed E-state index contributed by atoms with van der Waals surface area (Å²) in [5.41, 5.74) is 3.24. The van der Waals surface area contributed by atoms with Crippen molar-refractivity contribution in [3.63, 3.8) is 0 Å². The van der Waals surface area contributed by atoms with E-state index in [1.165, 1.54) is 0 Å². The molecule has 0 aromatic carbocycles. The van der Waals surface area contributed by atoms with Gasteiger partial charge in [-0.25, -0.2) is 0 Å². The van der Waals surface area contributed by atoms with Gasteiger partial charge < -0.3 is 0 Å². The second kappa shape index (κ2) is 4.22. The highest BCUT2D eigenvalue weighted by Crippen LogP contribution is 2.19. The van der Waals surface area contributed by atoms with Gasteiger partial charge in [-0.05, 0) is 30.2 Å². The number of nitrogens with zero attached hydrogens (tertiary/aromatic N) is 2. The quantitative estimate of drug-likeness (QED) is 0.740. The minimum atomic E-state index is 0.452. The lowest BCUT2D eigenvalue weighted by molar-refractivity contribution is 0.823. The van der Waals surface area contributed by atoms with Gasteiger partial charge in [0.15, 0.2) is 0 Å². The van der Waals surface area contributed by atoms with E-state index in [-0.39, 0.29) is 0 Å². The standard InChI is InChI=1S/C13H14N2/c1-10(2)13-9-11(6-8-15-13)12-5-3-4-7-14-12/h3-10H,1-2H3. The maximum Gasteiger partial charge on any atom is 0.0703 e.